The number of hydrogen-bond acceptors (Lipinski definition) is 3. The molecule has 0 bridgehead atoms. The summed E-state index contributed by atoms with van der Waals surface area (Å²) in [5, 5.41) is 24.0. The summed E-state index contributed by atoms with van der Waals surface area (Å²) in [6.07, 6.45) is 0. The van der Waals surface area contributed by atoms with Crippen LogP contribution in [0.4, 0.5) is 0 Å². The van der Waals surface area contributed by atoms with Crippen molar-refractivity contribution in [1.29, 1.82) is 0 Å². The molecule has 6 heteroatoms. The monoisotopic (exact) mass is 182 g/mol. The lowest BCUT2D eigenvalue weighted by atomic mass is 10.0. The summed E-state index contributed by atoms with van der Waals surface area (Å²) >= 11 is 5.16. The third-order valence-corrected chi connectivity index (χ3v) is 1.54. The molecule has 3 N–H and O–H groups in total. The first-order valence-corrected chi connectivity index (χ1v) is 3.10. The first-order chi connectivity index (χ1) is 4.83. The highest BCUT2D eigenvalue weighted by Gasteiger charge is 2.49. The summed E-state index contributed by atoms with van der Waals surface area (Å²) in [6.45, 7) is 1.09. The maximum Gasteiger partial charge on any atom is 0.349 e. The van der Waals surface area contributed by atoms with Crippen LogP contribution in [0.5, 0.6) is 0 Å². The van der Waals surface area contributed by atoms with Crippen LogP contribution < -0.4 is 0 Å². The Morgan fingerprint density at radius 3 is 1.64 bits per heavy atom. The standard InChI is InChI=1S/C5H7ClO5/c1-2(6)5(11,3(7)8)4(9)10/h2,11H,1H3,(H,7,8)(H,9,10). The van der Waals surface area contributed by atoms with Gasteiger partial charge in [-0.3, -0.25) is 0 Å². The Bertz CT molecular complexity index is 173. The van der Waals surface area contributed by atoms with E-state index in [1.807, 2.05) is 0 Å². The van der Waals surface area contributed by atoms with Gasteiger partial charge in [0.1, 0.15) is 0 Å². The molecule has 0 radical (unpaired) electrons. The highest BCUT2D eigenvalue weighted by molar-refractivity contribution is 6.26. The van der Waals surface area contributed by atoms with Crippen molar-refractivity contribution in [3.05, 3.63) is 0 Å². The molecule has 0 rings (SSSR count). The Labute approximate surface area is 67.2 Å². The molecule has 0 saturated carbocycles. The van der Waals surface area contributed by atoms with Crippen LogP contribution in [0.25, 0.3) is 0 Å². The largest absolute Gasteiger partial charge is 0.479 e. The fraction of sp³-hybridized carbons (Fsp3) is 0.600. The Kier molecular flexibility index (Phi) is 2.84. The molecular formula is C5H7ClO5. The van der Waals surface area contributed by atoms with Crippen molar-refractivity contribution in [1.82, 2.24) is 0 Å². The van der Waals surface area contributed by atoms with Gasteiger partial charge in [0.2, 0.25) is 0 Å². The number of carboxylic acids is 2. The topological polar surface area (TPSA) is 94.8 Å². The molecule has 11 heavy (non-hydrogen) atoms. The summed E-state index contributed by atoms with van der Waals surface area (Å²) in [5.74, 6) is -3.74. The molecule has 0 saturated heterocycles. The van der Waals surface area contributed by atoms with E-state index in [0.29, 0.717) is 0 Å². The van der Waals surface area contributed by atoms with E-state index in [-0.39, 0.29) is 0 Å². The fourth-order valence-corrected chi connectivity index (χ4v) is 0.618. The van der Waals surface area contributed by atoms with Gasteiger partial charge < -0.3 is 15.3 Å². The van der Waals surface area contributed by atoms with Gasteiger partial charge in [-0.1, -0.05) is 0 Å². The average molecular weight is 183 g/mol. The Hall–Kier alpha value is -0.810. The number of aliphatic hydroxyl groups is 1. The second-order valence-electron chi connectivity index (χ2n) is 1.99. The average Bonchev–Trinajstić information content (AvgIpc) is 1.84. The predicted molar refractivity (Wildman–Crippen MR) is 35.5 cm³/mol. The summed E-state index contributed by atoms with van der Waals surface area (Å²) in [5.41, 5.74) is -2.90. The van der Waals surface area contributed by atoms with Gasteiger partial charge in [0.05, 0.1) is 5.38 Å². The highest BCUT2D eigenvalue weighted by atomic mass is 35.5. The number of carbonyl (C=O) groups is 2. The van der Waals surface area contributed by atoms with Crippen molar-refractivity contribution in [3.8, 4) is 0 Å². The Balaban J connectivity index is 4.82. The zero-order valence-electron chi connectivity index (χ0n) is 5.61. The number of aliphatic carboxylic acids is 2. The smallest absolute Gasteiger partial charge is 0.349 e. The second-order valence-corrected chi connectivity index (χ2v) is 2.65. The van der Waals surface area contributed by atoms with E-state index < -0.39 is 22.9 Å². The van der Waals surface area contributed by atoms with Gasteiger partial charge in [-0.15, -0.1) is 11.6 Å². The number of halogens is 1. The van der Waals surface area contributed by atoms with E-state index in [1.165, 1.54) is 0 Å². The number of carboxylic acid groups (broad SMARTS) is 2. The van der Waals surface area contributed by atoms with Crippen LogP contribution >= 0.6 is 11.6 Å². The van der Waals surface area contributed by atoms with Crippen molar-refractivity contribution in [2.24, 2.45) is 0 Å². The molecule has 5 nitrogen and oxygen atoms in total. The molecule has 1 atom stereocenters. The molecule has 0 aliphatic heterocycles. The normalized spacial score (nSPS) is 14.1. The van der Waals surface area contributed by atoms with Crippen LogP contribution in [-0.2, 0) is 9.59 Å². The van der Waals surface area contributed by atoms with E-state index >= 15 is 0 Å². The van der Waals surface area contributed by atoms with Crippen LogP contribution in [0.3, 0.4) is 0 Å². The van der Waals surface area contributed by atoms with E-state index in [4.69, 9.17) is 26.9 Å². The lowest BCUT2D eigenvalue weighted by Gasteiger charge is -2.19. The molecule has 0 aliphatic rings. The summed E-state index contributed by atoms with van der Waals surface area (Å²) < 4.78 is 0. The van der Waals surface area contributed by atoms with Crippen LogP contribution in [0.2, 0.25) is 0 Å². The van der Waals surface area contributed by atoms with E-state index in [9.17, 15) is 9.59 Å². The maximum absolute atomic E-state index is 10.2. The number of hydrogen-bond donors (Lipinski definition) is 3. The minimum Gasteiger partial charge on any atom is -0.479 e. The fourth-order valence-electron chi connectivity index (χ4n) is 0.432. The molecule has 0 amide bonds. The summed E-state index contributed by atoms with van der Waals surface area (Å²) in [7, 11) is 0. The van der Waals surface area contributed by atoms with Gasteiger partial charge in [0, 0.05) is 0 Å². The minimum absolute atomic E-state index is 1.09. The molecule has 1 unspecified atom stereocenters. The predicted octanol–water partition coefficient (Wildman–Crippen LogP) is -0.486. The van der Waals surface area contributed by atoms with Gasteiger partial charge in [0.15, 0.2) is 0 Å². The Morgan fingerprint density at radius 1 is 1.36 bits per heavy atom. The van der Waals surface area contributed by atoms with Gasteiger partial charge in [-0.2, -0.15) is 0 Å². The van der Waals surface area contributed by atoms with Crippen LogP contribution in [0.15, 0.2) is 0 Å². The molecule has 0 spiro atoms. The first-order valence-electron chi connectivity index (χ1n) is 2.66. The summed E-state index contributed by atoms with van der Waals surface area (Å²) in [6, 6.07) is 0. The number of alkyl halides is 1. The van der Waals surface area contributed by atoms with Gasteiger partial charge in [0.25, 0.3) is 5.60 Å². The molecular weight excluding hydrogens is 176 g/mol. The van der Waals surface area contributed by atoms with Crippen LogP contribution in [-0.4, -0.2) is 38.2 Å². The lowest BCUT2D eigenvalue weighted by molar-refractivity contribution is -0.175. The molecule has 0 aliphatic carbocycles. The van der Waals surface area contributed by atoms with Crippen molar-refractivity contribution < 1.29 is 24.9 Å². The summed E-state index contributed by atoms with van der Waals surface area (Å²) in [4.78, 5) is 20.4. The van der Waals surface area contributed by atoms with Crippen molar-refractivity contribution in [2.75, 3.05) is 0 Å². The van der Waals surface area contributed by atoms with Gasteiger partial charge >= 0.3 is 11.9 Å². The number of rotatable bonds is 3. The SMILES string of the molecule is CC(Cl)C(O)(C(=O)O)C(=O)O. The van der Waals surface area contributed by atoms with Gasteiger partial charge in [-0.25, -0.2) is 9.59 Å². The van der Waals surface area contributed by atoms with Gasteiger partial charge in [-0.05, 0) is 6.92 Å². The van der Waals surface area contributed by atoms with E-state index in [2.05, 4.69) is 0 Å². The quantitative estimate of drug-likeness (QED) is 0.405. The van der Waals surface area contributed by atoms with E-state index in [0.717, 1.165) is 6.92 Å². The second kappa shape index (κ2) is 3.06. The van der Waals surface area contributed by atoms with E-state index in [1.54, 1.807) is 0 Å². The zero-order valence-corrected chi connectivity index (χ0v) is 6.37. The minimum atomic E-state index is -2.90. The van der Waals surface area contributed by atoms with Crippen molar-refractivity contribution >= 4 is 23.5 Å². The molecule has 0 aromatic rings. The van der Waals surface area contributed by atoms with Crippen LogP contribution in [0, 0.1) is 0 Å². The van der Waals surface area contributed by atoms with Crippen LogP contribution in [0.1, 0.15) is 6.92 Å². The molecule has 0 aromatic heterocycles. The third-order valence-electron chi connectivity index (χ3n) is 1.23. The lowest BCUT2D eigenvalue weighted by Crippen LogP contribution is -2.52. The molecule has 0 aromatic carbocycles. The highest BCUT2D eigenvalue weighted by Crippen LogP contribution is 2.16. The third kappa shape index (κ3) is 1.61. The molecule has 0 fully saturated rings. The maximum atomic E-state index is 10.2. The Morgan fingerprint density at radius 2 is 1.64 bits per heavy atom. The molecule has 0 heterocycles. The molecule has 64 valence electrons. The first kappa shape index (κ1) is 10.2. The zero-order chi connectivity index (χ0) is 9.23. The van der Waals surface area contributed by atoms with Crippen molar-refractivity contribution in [3.63, 3.8) is 0 Å². The van der Waals surface area contributed by atoms with Crippen molar-refractivity contribution in [2.45, 2.75) is 17.9 Å².